The predicted molar refractivity (Wildman–Crippen MR) is 89.9 cm³/mol. The van der Waals surface area contributed by atoms with Crippen molar-refractivity contribution in [3.05, 3.63) is 54.6 Å². The number of oxime groups is 1. The molecule has 0 aliphatic rings. The fourth-order valence-electron chi connectivity index (χ4n) is 2.32. The number of nitrogens with two attached hydrogens (primary N) is 1. The van der Waals surface area contributed by atoms with Crippen molar-refractivity contribution in [2.24, 2.45) is 10.9 Å². The number of hydrogen-bond donors (Lipinski definition) is 3. The van der Waals surface area contributed by atoms with Crippen molar-refractivity contribution in [3.8, 4) is 0 Å². The molecule has 8 nitrogen and oxygen atoms in total. The third kappa shape index (κ3) is 8.74. The third-order valence-electron chi connectivity index (χ3n) is 3.56. The summed E-state index contributed by atoms with van der Waals surface area (Å²) in [6.45, 7) is 1.64. The molecule has 2 amide bonds. The van der Waals surface area contributed by atoms with Crippen LogP contribution >= 0.6 is 0 Å². The summed E-state index contributed by atoms with van der Waals surface area (Å²) in [5.41, 5.74) is 6.34. The van der Waals surface area contributed by atoms with Crippen LogP contribution in [0, 0.1) is 0 Å². The van der Waals surface area contributed by atoms with E-state index in [4.69, 9.17) is 10.9 Å². The normalized spacial score (nSPS) is 9.93. The molecule has 10 heteroatoms. The quantitative estimate of drug-likeness (QED) is 0.110. The molecular formula is C17H21Br2N5O3. The molecule has 0 aliphatic carbocycles. The van der Waals surface area contributed by atoms with E-state index in [2.05, 4.69) is 10.5 Å². The Morgan fingerprint density at radius 2 is 1.70 bits per heavy atom. The number of amides is 2. The Labute approximate surface area is 178 Å². The van der Waals surface area contributed by atoms with Crippen LogP contribution in [-0.4, -0.2) is 23.2 Å². The number of primary amides is 1. The highest BCUT2D eigenvalue weighted by molar-refractivity contribution is 6.31. The van der Waals surface area contributed by atoms with E-state index in [0.29, 0.717) is 11.3 Å². The Kier molecular flexibility index (Phi) is 11.8. The molecule has 0 bridgehead atoms. The van der Waals surface area contributed by atoms with E-state index in [-0.39, 0.29) is 34.0 Å². The number of hydrogen-bond acceptors (Lipinski definition) is 4. The van der Waals surface area contributed by atoms with Gasteiger partial charge in [0.05, 0.1) is 5.56 Å². The van der Waals surface area contributed by atoms with Crippen molar-refractivity contribution in [2.75, 3.05) is 5.32 Å². The maximum absolute atomic E-state index is 11.3. The van der Waals surface area contributed by atoms with Gasteiger partial charge in [-0.15, -0.1) is 0 Å². The molecule has 27 heavy (non-hydrogen) atoms. The van der Waals surface area contributed by atoms with Crippen LogP contribution in [0.4, 0.5) is 5.69 Å². The highest BCUT2D eigenvalue weighted by Crippen LogP contribution is 2.02. The van der Waals surface area contributed by atoms with E-state index in [1.165, 1.54) is 0 Å². The fourth-order valence-corrected chi connectivity index (χ4v) is 2.32. The lowest BCUT2D eigenvalue weighted by Crippen LogP contribution is -3.00. The first-order valence-electron chi connectivity index (χ1n) is 7.85. The second kappa shape index (κ2) is 12.9. The minimum absolute atomic E-state index is 0. The molecule has 0 aromatic carbocycles. The highest BCUT2D eigenvalue weighted by Gasteiger charge is 2.07. The number of carbonyl (C=O) groups is 2. The van der Waals surface area contributed by atoms with E-state index < -0.39 is 11.8 Å². The van der Waals surface area contributed by atoms with Crippen molar-refractivity contribution >= 4 is 23.7 Å². The number of pyridine rings is 2. The second-order valence-electron chi connectivity index (χ2n) is 5.46. The molecule has 0 radical (unpaired) electrons. The molecule has 0 atom stereocenters. The second-order valence-corrected chi connectivity index (χ2v) is 5.46. The fraction of sp³-hybridized carbons (Fsp3) is 0.235. The van der Waals surface area contributed by atoms with Crippen LogP contribution in [0.25, 0.3) is 0 Å². The first-order valence-corrected chi connectivity index (χ1v) is 7.85. The summed E-state index contributed by atoms with van der Waals surface area (Å²) in [6, 6.07) is 7.01. The van der Waals surface area contributed by atoms with Gasteiger partial charge in [0, 0.05) is 31.0 Å². The predicted octanol–water partition coefficient (Wildman–Crippen LogP) is -5.75. The third-order valence-corrected chi connectivity index (χ3v) is 3.56. The summed E-state index contributed by atoms with van der Waals surface area (Å²) >= 11 is 0. The lowest BCUT2D eigenvalue weighted by atomic mass is 10.2. The van der Waals surface area contributed by atoms with Crippen molar-refractivity contribution < 1.29 is 57.9 Å². The molecule has 0 unspecified atom stereocenters. The zero-order valence-corrected chi connectivity index (χ0v) is 17.6. The van der Waals surface area contributed by atoms with Gasteiger partial charge in [-0.3, -0.25) is 9.59 Å². The van der Waals surface area contributed by atoms with Crippen LogP contribution in [0.1, 0.15) is 23.2 Å². The van der Waals surface area contributed by atoms with Crippen LogP contribution in [0.5, 0.6) is 0 Å². The van der Waals surface area contributed by atoms with Gasteiger partial charge in [-0.25, -0.2) is 9.13 Å². The molecule has 0 spiro atoms. The molecule has 4 N–H and O–H groups in total. The summed E-state index contributed by atoms with van der Waals surface area (Å²) < 4.78 is 3.98. The maximum atomic E-state index is 11.3. The highest BCUT2D eigenvalue weighted by atomic mass is 79.9. The number of rotatable bonds is 8. The van der Waals surface area contributed by atoms with Gasteiger partial charge in [0.15, 0.2) is 24.8 Å². The SMILES string of the molecule is NC(=O)c1cc[n+](CCCC[n+]2cccc(NC(=O)/C=N\O)c2)cc1.[Br-].[Br-]. The number of halogens is 2. The van der Waals surface area contributed by atoms with Gasteiger partial charge in [0.1, 0.15) is 25.0 Å². The Hall–Kier alpha value is -2.33. The van der Waals surface area contributed by atoms with E-state index in [9.17, 15) is 9.59 Å². The van der Waals surface area contributed by atoms with Gasteiger partial charge < -0.3 is 50.2 Å². The molecule has 2 aromatic heterocycles. The summed E-state index contributed by atoms with van der Waals surface area (Å²) in [5.74, 6) is -0.920. The number of carbonyl (C=O) groups excluding carboxylic acids is 2. The van der Waals surface area contributed by atoms with Gasteiger partial charge in [-0.1, -0.05) is 5.16 Å². The van der Waals surface area contributed by atoms with Gasteiger partial charge in [0.25, 0.3) is 5.91 Å². The summed E-state index contributed by atoms with van der Waals surface area (Å²) in [4.78, 5) is 22.4. The molecule has 146 valence electrons. The minimum atomic E-state index is -0.490. The van der Waals surface area contributed by atoms with Crippen molar-refractivity contribution in [3.63, 3.8) is 0 Å². The van der Waals surface area contributed by atoms with Crippen LogP contribution in [-0.2, 0) is 17.9 Å². The summed E-state index contributed by atoms with van der Waals surface area (Å²) in [6.07, 6.45) is 10.1. The molecule has 0 fully saturated rings. The number of aryl methyl sites for hydroxylation is 2. The van der Waals surface area contributed by atoms with Crippen molar-refractivity contribution in [2.45, 2.75) is 25.9 Å². The average Bonchev–Trinajstić information content (AvgIpc) is 2.59. The van der Waals surface area contributed by atoms with E-state index in [1.807, 2.05) is 40.0 Å². The van der Waals surface area contributed by atoms with E-state index in [0.717, 1.165) is 32.1 Å². The molecule has 2 aromatic rings. The van der Waals surface area contributed by atoms with Gasteiger partial charge >= 0.3 is 0 Å². The summed E-state index contributed by atoms with van der Waals surface area (Å²) in [7, 11) is 0. The van der Waals surface area contributed by atoms with Crippen LogP contribution < -0.4 is 54.1 Å². The summed E-state index contributed by atoms with van der Waals surface area (Å²) in [5, 5.41) is 13.6. The molecule has 0 saturated heterocycles. The van der Waals surface area contributed by atoms with E-state index in [1.54, 1.807) is 18.2 Å². The Morgan fingerprint density at radius 3 is 2.30 bits per heavy atom. The van der Waals surface area contributed by atoms with Crippen LogP contribution in [0.3, 0.4) is 0 Å². The van der Waals surface area contributed by atoms with Crippen LogP contribution in [0.15, 0.2) is 54.2 Å². The average molecular weight is 503 g/mol. The lowest BCUT2D eigenvalue weighted by molar-refractivity contribution is -0.707. The van der Waals surface area contributed by atoms with Gasteiger partial charge in [0.2, 0.25) is 5.91 Å². The lowest BCUT2D eigenvalue weighted by Gasteiger charge is -2.01. The topological polar surface area (TPSA) is 113 Å². The smallest absolute Gasteiger partial charge is 0.270 e. The molecule has 0 saturated carbocycles. The minimum Gasteiger partial charge on any atom is -1.00 e. The van der Waals surface area contributed by atoms with Crippen molar-refractivity contribution in [1.29, 1.82) is 0 Å². The van der Waals surface area contributed by atoms with Crippen LogP contribution in [0.2, 0.25) is 0 Å². The zero-order chi connectivity index (χ0) is 18.1. The Bertz CT molecular complexity index is 769. The number of nitrogens with zero attached hydrogens (tertiary/aromatic N) is 3. The molecule has 0 aliphatic heterocycles. The number of aromatic nitrogens is 2. The zero-order valence-electron chi connectivity index (χ0n) is 14.5. The molecule has 2 heterocycles. The number of nitrogens with one attached hydrogen (secondary N) is 1. The van der Waals surface area contributed by atoms with Gasteiger partial charge in [-0.2, -0.15) is 0 Å². The van der Waals surface area contributed by atoms with Gasteiger partial charge in [-0.05, 0) is 6.07 Å². The largest absolute Gasteiger partial charge is 1.00 e. The first-order chi connectivity index (χ1) is 12.1. The van der Waals surface area contributed by atoms with E-state index >= 15 is 0 Å². The standard InChI is InChI=1S/C17H19N5O3.2BrH/c18-17(24)14-5-10-21(11-6-14)7-1-2-8-22-9-3-4-15(13-22)20-16(23)12-19-25;;/h3-6,9-13H,1-2,7-8H2,(H2-2,18,20,23,24,25);2*1H. The maximum Gasteiger partial charge on any atom is 0.270 e. The van der Waals surface area contributed by atoms with Crippen molar-refractivity contribution in [1.82, 2.24) is 0 Å². The number of unbranched alkanes of at least 4 members (excludes halogenated alkanes) is 1. The number of anilines is 1. The molecule has 2 rings (SSSR count). The first kappa shape index (κ1) is 24.7. The Balaban J connectivity index is 0.00000338. The molecular weight excluding hydrogens is 482 g/mol. The monoisotopic (exact) mass is 501 g/mol. The Morgan fingerprint density at radius 1 is 1.07 bits per heavy atom.